The van der Waals surface area contributed by atoms with Crippen LogP contribution >= 0.6 is 11.6 Å². The molecule has 0 atom stereocenters. The van der Waals surface area contributed by atoms with E-state index in [1.54, 1.807) is 6.07 Å². The lowest BCUT2D eigenvalue weighted by atomic mass is 10.2. The molecule has 66 valence electrons. The van der Waals surface area contributed by atoms with E-state index >= 15 is 0 Å². The van der Waals surface area contributed by atoms with Crippen molar-refractivity contribution >= 4 is 28.5 Å². The van der Waals surface area contributed by atoms with Gasteiger partial charge in [0.15, 0.2) is 5.78 Å². The zero-order valence-electron chi connectivity index (χ0n) is 6.49. The van der Waals surface area contributed by atoms with Crippen LogP contribution in [0.2, 0.25) is 0 Å². The van der Waals surface area contributed by atoms with E-state index in [0.717, 1.165) is 0 Å². The van der Waals surface area contributed by atoms with Crippen LogP contribution in [-0.2, 0) is 0 Å². The molecule has 2 heterocycles. The Hall–Kier alpha value is -1.49. The van der Waals surface area contributed by atoms with Crippen molar-refractivity contribution in [2.24, 2.45) is 0 Å². The van der Waals surface area contributed by atoms with Gasteiger partial charge in [0.25, 0.3) is 0 Å². The number of hydrogen-bond acceptors (Lipinski definition) is 4. The predicted molar refractivity (Wildman–Crippen MR) is 46.7 cm³/mol. The Morgan fingerprint density at radius 1 is 1.54 bits per heavy atom. The minimum Gasteiger partial charge on any atom is -0.293 e. The van der Waals surface area contributed by atoms with Gasteiger partial charge in [0.2, 0.25) is 5.65 Å². The molecule has 5 nitrogen and oxygen atoms in total. The highest BCUT2D eigenvalue weighted by Gasteiger charge is 2.07. The average molecular weight is 197 g/mol. The standard InChI is InChI=1S/C7H5ClN4O/c8-2-6(13)4-1-5-7(9-3-4)11-12-10-5/h1,3H,2H2,(H,9,10,11,12). The van der Waals surface area contributed by atoms with Crippen LogP contribution in [0.5, 0.6) is 0 Å². The first-order valence-electron chi connectivity index (χ1n) is 3.57. The second-order valence-corrected chi connectivity index (χ2v) is 2.71. The third-order valence-corrected chi connectivity index (χ3v) is 1.86. The van der Waals surface area contributed by atoms with E-state index in [0.29, 0.717) is 16.7 Å². The zero-order chi connectivity index (χ0) is 9.26. The zero-order valence-corrected chi connectivity index (χ0v) is 7.25. The number of halogens is 1. The van der Waals surface area contributed by atoms with Gasteiger partial charge in [0, 0.05) is 11.8 Å². The van der Waals surface area contributed by atoms with Gasteiger partial charge < -0.3 is 0 Å². The van der Waals surface area contributed by atoms with Crippen LogP contribution < -0.4 is 0 Å². The highest BCUT2D eigenvalue weighted by atomic mass is 35.5. The van der Waals surface area contributed by atoms with Crippen molar-refractivity contribution in [3.05, 3.63) is 17.8 Å². The Morgan fingerprint density at radius 2 is 2.38 bits per heavy atom. The van der Waals surface area contributed by atoms with Crippen LogP contribution in [-0.4, -0.2) is 32.1 Å². The van der Waals surface area contributed by atoms with E-state index in [2.05, 4.69) is 20.4 Å². The van der Waals surface area contributed by atoms with Crippen molar-refractivity contribution in [1.82, 2.24) is 20.4 Å². The largest absolute Gasteiger partial charge is 0.293 e. The van der Waals surface area contributed by atoms with E-state index in [1.807, 2.05) is 0 Å². The topological polar surface area (TPSA) is 71.5 Å². The van der Waals surface area contributed by atoms with Gasteiger partial charge in [-0.05, 0) is 6.07 Å². The Labute approximate surface area is 78.1 Å². The molecule has 6 heteroatoms. The van der Waals surface area contributed by atoms with Crippen LogP contribution in [0.3, 0.4) is 0 Å². The van der Waals surface area contributed by atoms with Crippen LogP contribution in [0.15, 0.2) is 12.3 Å². The molecule has 13 heavy (non-hydrogen) atoms. The first kappa shape index (κ1) is 8.12. The first-order chi connectivity index (χ1) is 6.31. The summed E-state index contributed by atoms with van der Waals surface area (Å²) in [5, 5.41) is 9.97. The maximum Gasteiger partial charge on any atom is 0.201 e. The van der Waals surface area contributed by atoms with E-state index in [4.69, 9.17) is 11.6 Å². The van der Waals surface area contributed by atoms with E-state index in [9.17, 15) is 4.79 Å². The number of alkyl halides is 1. The molecule has 2 aromatic rings. The highest BCUT2D eigenvalue weighted by molar-refractivity contribution is 6.30. The number of rotatable bonds is 2. The van der Waals surface area contributed by atoms with Crippen molar-refractivity contribution in [1.29, 1.82) is 0 Å². The molecule has 0 unspecified atom stereocenters. The van der Waals surface area contributed by atoms with Crippen molar-refractivity contribution in [2.45, 2.75) is 0 Å². The third-order valence-electron chi connectivity index (χ3n) is 1.62. The van der Waals surface area contributed by atoms with Gasteiger partial charge in [-0.15, -0.1) is 16.7 Å². The monoisotopic (exact) mass is 196 g/mol. The second-order valence-electron chi connectivity index (χ2n) is 2.45. The number of fused-ring (bicyclic) bond motifs is 1. The summed E-state index contributed by atoms with van der Waals surface area (Å²) in [6, 6.07) is 1.61. The normalized spacial score (nSPS) is 10.5. The summed E-state index contributed by atoms with van der Waals surface area (Å²) < 4.78 is 0. The number of pyridine rings is 1. The molecule has 0 radical (unpaired) electrons. The number of ketones is 1. The summed E-state index contributed by atoms with van der Waals surface area (Å²) in [4.78, 5) is 15.1. The number of nitrogens with zero attached hydrogens (tertiary/aromatic N) is 3. The second kappa shape index (κ2) is 3.10. The molecular weight excluding hydrogens is 192 g/mol. The number of H-pyrrole nitrogens is 1. The molecule has 1 N–H and O–H groups in total. The Morgan fingerprint density at radius 3 is 3.15 bits per heavy atom. The average Bonchev–Trinajstić information content (AvgIpc) is 2.63. The minimum absolute atomic E-state index is 0.0506. The van der Waals surface area contributed by atoms with Gasteiger partial charge in [-0.25, -0.2) is 4.98 Å². The lowest BCUT2D eigenvalue weighted by Gasteiger charge is -1.93. The molecule has 2 aromatic heterocycles. The van der Waals surface area contributed by atoms with Crippen LogP contribution in [0.4, 0.5) is 0 Å². The van der Waals surface area contributed by atoms with E-state index < -0.39 is 0 Å². The van der Waals surface area contributed by atoms with Crippen LogP contribution in [0.25, 0.3) is 11.2 Å². The molecule has 0 fully saturated rings. The highest BCUT2D eigenvalue weighted by Crippen LogP contribution is 2.08. The summed E-state index contributed by atoms with van der Waals surface area (Å²) in [6.45, 7) is 0. The fourth-order valence-electron chi connectivity index (χ4n) is 0.970. The SMILES string of the molecule is O=C(CCl)c1cnc2n[nH]nc2c1. The quantitative estimate of drug-likeness (QED) is 0.569. The number of aromatic nitrogens is 4. The molecule has 0 aliphatic heterocycles. The number of nitrogens with one attached hydrogen (secondary N) is 1. The van der Waals surface area contributed by atoms with Crippen LogP contribution in [0.1, 0.15) is 10.4 Å². The van der Waals surface area contributed by atoms with Crippen molar-refractivity contribution in [3.8, 4) is 0 Å². The molecule has 0 aliphatic carbocycles. The first-order valence-corrected chi connectivity index (χ1v) is 4.10. The summed E-state index contributed by atoms with van der Waals surface area (Å²) in [7, 11) is 0. The summed E-state index contributed by atoms with van der Waals surface area (Å²) >= 11 is 5.39. The molecule has 0 saturated heterocycles. The molecule has 2 rings (SSSR count). The molecule has 0 saturated carbocycles. The summed E-state index contributed by atoms with van der Waals surface area (Å²) in [6.07, 6.45) is 1.44. The Bertz CT molecular complexity index is 452. The lowest BCUT2D eigenvalue weighted by molar-refractivity contribution is 0.102. The van der Waals surface area contributed by atoms with Gasteiger partial charge in [0.05, 0.1) is 5.88 Å². The molecule has 0 amide bonds. The summed E-state index contributed by atoms with van der Waals surface area (Å²) in [5.74, 6) is -0.218. The number of aromatic amines is 1. The van der Waals surface area contributed by atoms with Gasteiger partial charge in [-0.2, -0.15) is 10.3 Å². The van der Waals surface area contributed by atoms with Gasteiger partial charge in [0.1, 0.15) is 5.52 Å². The molecule has 0 aliphatic rings. The summed E-state index contributed by atoms with van der Waals surface area (Å²) in [5.41, 5.74) is 1.51. The van der Waals surface area contributed by atoms with Crippen molar-refractivity contribution < 1.29 is 4.79 Å². The maximum absolute atomic E-state index is 11.1. The lowest BCUT2D eigenvalue weighted by Crippen LogP contribution is -2.00. The Balaban J connectivity index is 2.54. The van der Waals surface area contributed by atoms with Crippen molar-refractivity contribution in [2.75, 3.05) is 5.88 Å². The van der Waals surface area contributed by atoms with E-state index in [1.165, 1.54) is 6.20 Å². The minimum atomic E-state index is -0.168. The van der Waals surface area contributed by atoms with Gasteiger partial charge >= 0.3 is 0 Å². The number of carbonyl (C=O) groups is 1. The molecular formula is C7H5ClN4O. The molecule has 0 aromatic carbocycles. The fourth-order valence-corrected chi connectivity index (χ4v) is 1.12. The fraction of sp³-hybridized carbons (Fsp3) is 0.143. The number of carbonyl (C=O) groups excluding carboxylic acids is 1. The van der Waals surface area contributed by atoms with Crippen molar-refractivity contribution in [3.63, 3.8) is 0 Å². The van der Waals surface area contributed by atoms with Gasteiger partial charge in [-0.3, -0.25) is 4.79 Å². The Kier molecular flexibility index (Phi) is 1.94. The third kappa shape index (κ3) is 1.38. The number of hydrogen-bond donors (Lipinski definition) is 1. The molecule has 0 bridgehead atoms. The van der Waals surface area contributed by atoms with E-state index in [-0.39, 0.29) is 11.7 Å². The molecule has 0 spiro atoms. The number of Topliss-reactive ketones (excluding diaryl/α,β-unsaturated/α-hetero) is 1. The maximum atomic E-state index is 11.1. The van der Waals surface area contributed by atoms with Crippen LogP contribution in [0, 0.1) is 0 Å². The van der Waals surface area contributed by atoms with Gasteiger partial charge in [-0.1, -0.05) is 0 Å². The predicted octanol–water partition coefficient (Wildman–Crippen LogP) is 0.774. The smallest absolute Gasteiger partial charge is 0.201 e.